The summed E-state index contributed by atoms with van der Waals surface area (Å²) in [5.74, 6) is 0.428. The number of benzene rings is 1. The monoisotopic (exact) mass is 457 g/mol. The van der Waals surface area contributed by atoms with E-state index in [1.54, 1.807) is 0 Å². The highest BCUT2D eigenvalue weighted by Crippen LogP contribution is 2.23. The molecule has 0 saturated carbocycles. The Balaban J connectivity index is 2.21. The van der Waals surface area contributed by atoms with E-state index >= 15 is 0 Å². The van der Waals surface area contributed by atoms with Gasteiger partial charge in [0.25, 0.3) is 5.91 Å². The van der Waals surface area contributed by atoms with Crippen LogP contribution in [0.1, 0.15) is 17.3 Å². The van der Waals surface area contributed by atoms with Crippen molar-refractivity contribution >= 4 is 56.0 Å². The zero-order valence-electron chi connectivity index (χ0n) is 10.4. The van der Waals surface area contributed by atoms with Crippen LogP contribution in [0, 0.1) is 3.57 Å². The summed E-state index contributed by atoms with van der Waals surface area (Å²) in [6.07, 6.45) is -0.0704. The van der Waals surface area contributed by atoms with Gasteiger partial charge in [-0.2, -0.15) is 0 Å². The van der Waals surface area contributed by atoms with Crippen molar-refractivity contribution in [1.29, 1.82) is 0 Å². The molecule has 19 heavy (non-hydrogen) atoms. The molecule has 0 aromatic heterocycles. The van der Waals surface area contributed by atoms with Crippen molar-refractivity contribution in [2.24, 2.45) is 0 Å². The third-order valence-electron chi connectivity index (χ3n) is 2.94. The lowest BCUT2D eigenvalue weighted by atomic mass is 10.1. The Kier molecular flexibility index (Phi) is 5.51. The lowest BCUT2D eigenvalue weighted by molar-refractivity contribution is -0.0570. The Hall–Kier alpha value is 0.150. The van der Waals surface area contributed by atoms with Gasteiger partial charge in [0.15, 0.2) is 0 Å². The van der Waals surface area contributed by atoms with Crippen LogP contribution in [0.5, 0.6) is 0 Å². The summed E-state index contributed by atoms with van der Waals surface area (Å²) in [4.78, 5) is 14.4. The van der Waals surface area contributed by atoms with Crippen LogP contribution in [0.2, 0.25) is 0 Å². The first-order chi connectivity index (χ1) is 9.01. The van der Waals surface area contributed by atoms with Gasteiger partial charge in [0.1, 0.15) is 0 Å². The van der Waals surface area contributed by atoms with Gasteiger partial charge in [0.05, 0.1) is 23.7 Å². The molecular formula is C13H14BrClINO2. The highest BCUT2D eigenvalue weighted by Gasteiger charge is 2.29. The lowest BCUT2D eigenvalue weighted by Gasteiger charge is -2.36. The van der Waals surface area contributed by atoms with E-state index in [9.17, 15) is 4.79 Å². The molecule has 1 aliphatic heterocycles. The minimum absolute atomic E-state index is 0.0167. The summed E-state index contributed by atoms with van der Waals surface area (Å²) in [7, 11) is 0. The van der Waals surface area contributed by atoms with Crippen LogP contribution in [0.3, 0.4) is 0 Å². The summed E-state index contributed by atoms with van der Waals surface area (Å²) in [6, 6.07) is 5.76. The molecule has 2 unspecified atom stereocenters. The molecule has 0 radical (unpaired) electrons. The van der Waals surface area contributed by atoms with E-state index in [1.165, 1.54) is 0 Å². The van der Waals surface area contributed by atoms with Crippen molar-refractivity contribution in [1.82, 2.24) is 4.90 Å². The molecule has 1 aromatic carbocycles. The van der Waals surface area contributed by atoms with E-state index in [-0.39, 0.29) is 18.1 Å². The van der Waals surface area contributed by atoms with Crippen molar-refractivity contribution in [3.63, 3.8) is 0 Å². The number of carbonyl (C=O) groups is 1. The third kappa shape index (κ3) is 3.83. The first-order valence-electron chi connectivity index (χ1n) is 5.97. The summed E-state index contributed by atoms with van der Waals surface area (Å²) in [5.41, 5.74) is 0.689. The predicted molar refractivity (Wildman–Crippen MR) is 87.8 cm³/mol. The molecule has 1 heterocycles. The number of nitrogens with zero attached hydrogens (tertiary/aromatic N) is 1. The summed E-state index contributed by atoms with van der Waals surface area (Å²) in [6.45, 7) is 3.11. The molecule has 1 aromatic rings. The highest BCUT2D eigenvalue weighted by molar-refractivity contribution is 14.1. The number of carbonyl (C=O) groups excluding carboxylic acids is 1. The molecule has 0 aliphatic carbocycles. The molecule has 1 amide bonds. The van der Waals surface area contributed by atoms with Gasteiger partial charge >= 0.3 is 0 Å². The fourth-order valence-corrected chi connectivity index (χ4v) is 3.21. The van der Waals surface area contributed by atoms with Gasteiger partial charge in [0.2, 0.25) is 0 Å². The topological polar surface area (TPSA) is 29.5 Å². The van der Waals surface area contributed by atoms with Crippen molar-refractivity contribution in [3.05, 3.63) is 31.8 Å². The Labute approximate surface area is 139 Å². The first kappa shape index (κ1) is 15.5. The first-order valence-corrected chi connectivity index (χ1v) is 8.37. The number of halogens is 3. The normalized spacial score (nSPS) is 23.5. The average molecular weight is 459 g/mol. The number of alkyl halides is 1. The molecule has 6 heteroatoms. The van der Waals surface area contributed by atoms with Gasteiger partial charge in [-0.3, -0.25) is 4.79 Å². The van der Waals surface area contributed by atoms with Crippen molar-refractivity contribution < 1.29 is 9.53 Å². The van der Waals surface area contributed by atoms with Crippen LogP contribution in [-0.4, -0.2) is 42.0 Å². The Bertz CT molecular complexity index is 486. The molecule has 3 nitrogen and oxygen atoms in total. The van der Waals surface area contributed by atoms with Crippen molar-refractivity contribution in [3.8, 4) is 0 Å². The number of morpholine rings is 1. The minimum atomic E-state index is -0.0871. The van der Waals surface area contributed by atoms with Crippen molar-refractivity contribution in [2.45, 2.75) is 19.1 Å². The SMILES string of the molecule is CC1CN(C(=O)c2cc(I)ccc2Br)CC(CCl)O1. The second-order valence-corrected chi connectivity index (χ2v) is 6.97. The Morgan fingerprint density at radius 3 is 3.00 bits per heavy atom. The highest BCUT2D eigenvalue weighted by atomic mass is 127. The van der Waals surface area contributed by atoms with Crippen LogP contribution in [-0.2, 0) is 4.74 Å². The zero-order chi connectivity index (χ0) is 14.0. The third-order valence-corrected chi connectivity index (χ3v) is 4.65. The van der Waals surface area contributed by atoms with Crippen molar-refractivity contribution in [2.75, 3.05) is 19.0 Å². The fraction of sp³-hybridized carbons (Fsp3) is 0.462. The molecule has 2 atom stereocenters. The largest absolute Gasteiger partial charge is 0.370 e. The Morgan fingerprint density at radius 2 is 2.32 bits per heavy atom. The van der Waals surface area contributed by atoms with Gasteiger partial charge in [-0.1, -0.05) is 0 Å². The van der Waals surface area contributed by atoms with E-state index in [4.69, 9.17) is 16.3 Å². The van der Waals surface area contributed by atoms with Gasteiger partial charge in [-0.15, -0.1) is 11.6 Å². The number of ether oxygens (including phenoxy) is 1. The standard InChI is InChI=1S/C13H14BrClINO2/c1-8-6-17(7-10(5-15)19-8)13(18)11-4-9(16)2-3-12(11)14/h2-4,8,10H,5-7H2,1H3. The maximum Gasteiger partial charge on any atom is 0.255 e. The number of hydrogen-bond acceptors (Lipinski definition) is 2. The second kappa shape index (κ2) is 6.74. The maximum absolute atomic E-state index is 12.6. The average Bonchev–Trinajstić information content (AvgIpc) is 2.40. The summed E-state index contributed by atoms with van der Waals surface area (Å²) in [5, 5.41) is 0. The van der Waals surface area contributed by atoms with Gasteiger partial charge in [0, 0.05) is 21.1 Å². The number of hydrogen-bond donors (Lipinski definition) is 0. The molecule has 0 N–H and O–H groups in total. The lowest BCUT2D eigenvalue weighted by Crippen LogP contribution is -2.49. The smallest absolute Gasteiger partial charge is 0.255 e. The van der Waals surface area contributed by atoms with Crippen LogP contribution >= 0.6 is 50.1 Å². The van der Waals surface area contributed by atoms with Crippen LogP contribution in [0.15, 0.2) is 22.7 Å². The van der Waals surface area contributed by atoms with E-state index in [1.807, 2.05) is 30.0 Å². The number of amides is 1. The van der Waals surface area contributed by atoms with Crippen LogP contribution in [0.4, 0.5) is 0 Å². The van der Waals surface area contributed by atoms with E-state index in [0.717, 1.165) is 8.04 Å². The van der Waals surface area contributed by atoms with Crippen LogP contribution < -0.4 is 0 Å². The molecule has 2 rings (SSSR count). The van der Waals surface area contributed by atoms with Gasteiger partial charge in [-0.25, -0.2) is 0 Å². The van der Waals surface area contributed by atoms with Gasteiger partial charge < -0.3 is 9.64 Å². The maximum atomic E-state index is 12.6. The molecule has 1 aliphatic rings. The summed E-state index contributed by atoms with van der Waals surface area (Å²) >= 11 is 11.5. The minimum Gasteiger partial charge on any atom is -0.370 e. The predicted octanol–water partition coefficient (Wildman–Crippen LogP) is 3.52. The fourth-order valence-electron chi connectivity index (χ4n) is 2.13. The zero-order valence-corrected chi connectivity index (χ0v) is 14.9. The molecule has 0 bridgehead atoms. The van der Waals surface area contributed by atoms with Gasteiger partial charge in [-0.05, 0) is 63.6 Å². The molecule has 1 saturated heterocycles. The van der Waals surface area contributed by atoms with E-state index < -0.39 is 0 Å². The molecule has 104 valence electrons. The van der Waals surface area contributed by atoms with E-state index in [2.05, 4.69) is 38.5 Å². The summed E-state index contributed by atoms with van der Waals surface area (Å²) < 4.78 is 7.53. The molecular weight excluding hydrogens is 444 g/mol. The molecule has 0 spiro atoms. The van der Waals surface area contributed by atoms with E-state index in [0.29, 0.717) is 24.5 Å². The quantitative estimate of drug-likeness (QED) is 0.502. The Morgan fingerprint density at radius 1 is 1.58 bits per heavy atom. The second-order valence-electron chi connectivity index (χ2n) is 4.56. The molecule has 1 fully saturated rings. The van der Waals surface area contributed by atoms with Crippen LogP contribution in [0.25, 0.3) is 0 Å². The number of rotatable bonds is 2.